The Hall–Kier alpha value is -1.45. The van der Waals surface area contributed by atoms with Gasteiger partial charge in [-0.15, -0.1) is 0 Å². The molecule has 0 amide bonds. The smallest absolute Gasteiger partial charge is 0.161 e. The number of hydrogen-bond donors (Lipinski definition) is 0. The molecule has 1 aliphatic heterocycles. The first-order chi connectivity index (χ1) is 13.6. The van der Waals surface area contributed by atoms with E-state index in [1.54, 1.807) is 0 Å². The average molecular weight is 442 g/mol. The predicted octanol–water partition coefficient (Wildman–Crippen LogP) is 5.84. The molecular formula is C25H32BrNO. The van der Waals surface area contributed by atoms with Crippen LogP contribution >= 0.6 is 15.9 Å². The number of halogens is 1. The Kier molecular flexibility index (Phi) is 7.48. The van der Waals surface area contributed by atoms with Crippen LogP contribution in [-0.2, 0) is 10.2 Å². The molecule has 1 saturated heterocycles. The minimum Gasteiger partial charge on any atom is -0.303 e. The summed E-state index contributed by atoms with van der Waals surface area (Å²) in [6.07, 6.45) is 5.17. The summed E-state index contributed by atoms with van der Waals surface area (Å²) < 4.78 is 0. The molecule has 3 heteroatoms. The summed E-state index contributed by atoms with van der Waals surface area (Å²) in [7, 11) is 0. The van der Waals surface area contributed by atoms with E-state index in [4.69, 9.17) is 0 Å². The fourth-order valence-electron chi connectivity index (χ4n) is 4.82. The zero-order chi connectivity index (χ0) is 20.0. The Bertz CT molecular complexity index is 696. The van der Waals surface area contributed by atoms with Gasteiger partial charge >= 0.3 is 0 Å². The van der Waals surface area contributed by atoms with Crippen molar-refractivity contribution in [2.75, 3.05) is 19.6 Å². The lowest BCUT2D eigenvalue weighted by Crippen LogP contribution is -2.50. The van der Waals surface area contributed by atoms with Crippen LogP contribution in [-0.4, -0.2) is 35.1 Å². The maximum atomic E-state index is 13.9. The lowest BCUT2D eigenvalue weighted by molar-refractivity contribution is -0.124. The summed E-state index contributed by atoms with van der Waals surface area (Å²) in [5.74, 6) is 0.412. The summed E-state index contributed by atoms with van der Waals surface area (Å²) in [5.41, 5.74) is 1.54. The van der Waals surface area contributed by atoms with Crippen LogP contribution in [0.25, 0.3) is 0 Å². The molecule has 0 aromatic heterocycles. The van der Waals surface area contributed by atoms with Gasteiger partial charge in [-0.1, -0.05) is 96.4 Å². The fraction of sp³-hybridized carbons (Fsp3) is 0.480. The predicted molar refractivity (Wildman–Crippen MR) is 121 cm³/mol. The summed E-state index contributed by atoms with van der Waals surface area (Å²) in [5, 5.41) is 0. The first kappa shape index (κ1) is 21.3. The molecule has 0 radical (unpaired) electrons. The Morgan fingerprint density at radius 3 is 1.79 bits per heavy atom. The third kappa shape index (κ3) is 4.41. The standard InChI is InChI=1S/C25H32BrNO/c1-20(19-27-17-11-3-4-12-18-27)25(24(28)21(2)26,22-13-7-5-8-14-22)23-15-9-6-10-16-23/h5-10,13-16,20-21H,3-4,11-12,17-19H2,1-2H3/t20-,21+/m1/s1. The molecule has 1 fully saturated rings. The molecule has 1 aliphatic rings. The minimum atomic E-state index is -0.655. The maximum absolute atomic E-state index is 13.9. The first-order valence-corrected chi connectivity index (χ1v) is 11.5. The van der Waals surface area contributed by atoms with Crippen molar-refractivity contribution in [3.8, 4) is 0 Å². The first-order valence-electron chi connectivity index (χ1n) is 10.6. The summed E-state index contributed by atoms with van der Waals surface area (Å²) in [4.78, 5) is 16.2. The van der Waals surface area contributed by atoms with E-state index in [1.807, 2.05) is 19.1 Å². The van der Waals surface area contributed by atoms with Gasteiger partial charge in [-0.3, -0.25) is 4.79 Å². The summed E-state index contributed by atoms with van der Waals surface area (Å²) in [6, 6.07) is 20.8. The second-order valence-corrected chi connectivity index (χ2v) is 9.51. The van der Waals surface area contributed by atoms with Gasteiger partial charge in [0.05, 0.1) is 10.2 Å². The van der Waals surface area contributed by atoms with E-state index < -0.39 is 5.41 Å². The highest BCUT2D eigenvalue weighted by molar-refractivity contribution is 9.10. The van der Waals surface area contributed by atoms with Crippen LogP contribution in [0.15, 0.2) is 60.7 Å². The van der Waals surface area contributed by atoms with Crippen LogP contribution in [0, 0.1) is 5.92 Å². The van der Waals surface area contributed by atoms with Crippen molar-refractivity contribution in [2.45, 2.75) is 49.8 Å². The summed E-state index contributed by atoms with van der Waals surface area (Å²) in [6.45, 7) is 7.44. The van der Waals surface area contributed by atoms with Crippen molar-refractivity contribution in [3.05, 3.63) is 71.8 Å². The van der Waals surface area contributed by atoms with Gasteiger partial charge in [0, 0.05) is 6.54 Å². The van der Waals surface area contributed by atoms with Crippen molar-refractivity contribution < 1.29 is 4.79 Å². The molecule has 28 heavy (non-hydrogen) atoms. The van der Waals surface area contributed by atoms with Crippen molar-refractivity contribution in [3.63, 3.8) is 0 Å². The molecular weight excluding hydrogens is 410 g/mol. The highest BCUT2D eigenvalue weighted by atomic mass is 79.9. The molecule has 1 heterocycles. The van der Waals surface area contributed by atoms with Crippen molar-refractivity contribution in [1.82, 2.24) is 4.90 Å². The lowest BCUT2D eigenvalue weighted by Gasteiger charge is -2.42. The molecule has 3 rings (SSSR count). The zero-order valence-corrected chi connectivity index (χ0v) is 18.7. The monoisotopic (exact) mass is 441 g/mol. The number of carbonyl (C=O) groups excluding carboxylic acids is 1. The SMILES string of the molecule is C[C@H](Br)C(=O)C(c1ccccc1)(c1ccccc1)[C@H](C)CN1CCCCCC1. The van der Waals surface area contributed by atoms with E-state index in [0.717, 1.165) is 30.8 Å². The van der Waals surface area contributed by atoms with E-state index in [1.165, 1.54) is 25.7 Å². The van der Waals surface area contributed by atoms with Crippen LogP contribution < -0.4 is 0 Å². The highest BCUT2D eigenvalue weighted by Gasteiger charge is 2.47. The van der Waals surface area contributed by atoms with E-state index in [9.17, 15) is 4.79 Å². The molecule has 2 atom stereocenters. The molecule has 0 bridgehead atoms. The molecule has 2 aromatic rings. The molecule has 0 N–H and O–H groups in total. The molecule has 0 unspecified atom stereocenters. The topological polar surface area (TPSA) is 20.3 Å². The van der Waals surface area contributed by atoms with E-state index in [2.05, 4.69) is 76.3 Å². The van der Waals surface area contributed by atoms with E-state index in [0.29, 0.717) is 0 Å². The fourth-order valence-corrected chi connectivity index (χ4v) is 5.18. The maximum Gasteiger partial charge on any atom is 0.161 e. The average Bonchev–Trinajstić information content (AvgIpc) is 2.99. The van der Waals surface area contributed by atoms with Crippen LogP contribution in [0.3, 0.4) is 0 Å². The Balaban J connectivity index is 2.10. The van der Waals surface area contributed by atoms with Gasteiger partial charge in [0.1, 0.15) is 0 Å². The minimum absolute atomic E-state index is 0.169. The van der Waals surface area contributed by atoms with Gasteiger partial charge < -0.3 is 4.90 Å². The highest BCUT2D eigenvalue weighted by Crippen LogP contribution is 2.42. The molecule has 150 valence electrons. The van der Waals surface area contributed by atoms with E-state index >= 15 is 0 Å². The molecule has 2 nitrogen and oxygen atoms in total. The van der Waals surface area contributed by atoms with Gasteiger partial charge in [-0.05, 0) is 49.9 Å². The number of likely N-dealkylation sites (tertiary alicyclic amines) is 1. The van der Waals surface area contributed by atoms with Gasteiger partial charge in [-0.25, -0.2) is 0 Å². The normalized spacial score (nSPS) is 18.2. The largest absolute Gasteiger partial charge is 0.303 e. The number of Topliss-reactive ketones (excluding diaryl/α,β-unsaturated/α-hetero) is 1. The molecule has 0 aliphatic carbocycles. The van der Waals surface area contributed by atoms with Crippen molar-refractivity contribution in [2.24, 2.45) is 5.92 Å². The number of alkyl halides is 1. The van der Waals surface area contributed by atoms with E-state index in [-0.39, 0.29) is 16.5 Å². The Morgan fingerprint density at radius 1 is 0.893 bits per heavy atom. The van der Waals surface area contributed by atoms with Crippen LogP contribution in [0.1, 0.15) is 50.7 Å². The number of carbonyl (C=O) groups is 1. The van der Waals surface area contributed by atoms with Gasteiger partial charge in [0.15, 0.2) is 5.78 Å². The molecule has 2 aromatic carbocycles. The molecule has 0 saturated carbocycles. The molecule has 0 spiro atoms. The van der Waals surface area contributed by atoms with Gasteiger partial charge in [-0.2, -0.15) is 0 Å². The summed E-state index contributed by atoms with van der Waals surface area (Å²) >= 11 is 3.61. The second-order valence-electron chi connectivity index (χ2n) is 8.14. The van der Waals surface area contributed by atoms with Crippen molar-refractivity contribution >= 4 is 21.7 Å². The number of ketones is 1. The number of rotatable bonds is 7. The number of nitrogens with zero attached hydrogens (tertiary/aromatic N) is 1. The Labute approximate surface area is 178 Å². The van der Waals surface area contributed by atoms with Crippen LogP contribution in [0.5, 0.6) is 0 Å². The number of benzene rings is 2. The Morgan fingerprint density at radius 2 is 1.36 bits per heavy atom. The zero-order valence-electron chi connectivity index (χ0n) is 17.1. The van der Waals surface area contributed by atoms with Gasteiger partial charge in [0.25, 0.3) is 0 Å². The van der Waals surface area contributed by atoms with Gasteiger partial charge in [0.2, 0.25) is 0 Å². The lowest BCUT2D eigenvalue weighted by atomic mass is 9.63. The number of hydrogen-bond acceptors (Lipinski definition) is 2. The third-order valence-electron chi connectivity index (χ3n) is 6.18. The third-order valence-corrected chi connectivity index (χ3v) is 6.59. The van der Waals surface area contributed by atoms with Crippen LogP contribution in [0.2, 0.25) is 0 Å². The quantitative estimate of drug-likeness (QED) is 0.503. The van der Waals surface area contributed by atoms with Crippen LogP contribution in [0.4, 0.5) is 0 Å². The second kappa shape index (κ2) is 9.84. The van der Waals surface area contributed by atoms with Crippen molar-refractivity contribution in [1.29, 1.82) is 0 Å².